The summed E-state index contributed by atoms with van der Waals surface area (Å²) < 4.78 is 22.3. The van der Waals surface area contributed by atoms with Crippen LogP contribution in [-0.2, 0) is 11.3 Å². The number of hydrogen-bond donors (Lipinski definition) is 1. The van der Waals surface area contributed by atoms with E-state index >= 15 is 0 Å². The van der Waals surface area contributed by atoms with Crippen LogP contribution in [0.5, 0.6) is 17.2 Å². The number of ether oxygens (including phenoxy) is 3. The summed E-state index contributed by atoms with van der Waals surface area (Å²) in [5, 5.41) is 3.85. The van der Waals surface area contributed by atoms with Gasteiger partial charge in [0.05, 0.1) is 27.6 Å². The minimum atomic E-state index is -0.169. The van der Waals surface area contributed by atoms with E-state index in [2.05, 4.69) is 5.32 Å². The molecule has 0 fully saturated rings. The van der Waals surface area contributed by atoms with Gasteiger partial charge >= 0.3 is 0 Å². The summed E-state index contributed by atoms with van der Waals surface area (Å²) in [6, 6.07) is 17.6. The molecule has 0 saturated carbocycles. The Kier molecular flexibility index (Phi) is 7.11. The van der Waals surface area contributed by atoms with Crippen molar-refractivity contribution in [3.05, 3.63) is 83.6 Å². The number of allylic oxidation sites excluding steroid dienone is 1. The van der Waals surface area contributed by atoms with Gasteiger partial charge in [-0.05, 0) is 48.7 Å². The van der Waals surface area contributed by atoms with Crippen molar-refractivity contribution in [3.63, 3.8) is 0 Å². The lowest BCUT2D eigenvalue weighted by Gasteiger charge is -2.11. The number of fused-ring (bicyclic) bond motifs is 1. The molecule has 1 heterocycles. The molecule has 0 unspecified atom stereocenters. The number of aryl methyl sites for hydroxylation is 1. The number of amides is 1. The van der Waals surface area contributed by atoms with Crippen molar-refractivity contribution >= 4 is 22.4 Å². The van der Waals surface area contributed by atoms with Crippen molar-refractivity contribution in [1.29, 1.82) is 0 Å². The number of rotatable bonds is 8. The minimum absolute atomic E-state index is 0.169. The number of nitrogens with one attached hydrogen (secondary N) is 1. The van der Waals surface area contributed by atoms with Crippen LogP contribution in [0.4, 0.5) is 0 Å². The highest BCUT2D eigenvalue weighted by Crippen LogP contribution is 2.39. The number of benzene rings is 3. The average molecular weight is 472 g/mol. The Bertz CT molecular complexity index is 1380. The van der Waals surface area contributed by atoms with Crippen LogP contribution < -0.4 is 19.5 Å². The van der Waals surface area contributed by atoms with Gasteiger partial charge in [0.2, 0.25) is 5.91 Å². The molecule has 0 saturated heterocycles. The molecule has 180 valence electrons. The van der Waals surface area contributed by atoms with Crippen molar-refractivity contribution in [1.82, 2.24) is 5.32 Å². The zero-order valence-corrected chi connectivity index (χ0v) is 20.6. The topological polar surface area (TPSA) is 69.9 Å². The maximum Gasteiger partial charge on any atom is 0.244 e. The number of carbonyl (C=O) groups is 1. The number of hydrogen-bond acceptors (Lipinski definition) is 5. The summed E-state index contributed by atoms with van der Waals surface area (Å²) >= 11 is 0. The molecular formula is C29H29NO5. The largest absolute Gasteiger partial charge is 0.496 e. The van der Waals surface area contributed by atoms with E-state index in [0.29, 0.717) is 29.4 Å². The van der Waals surface area contributed by atoms with Gasteiger partial charge in [0.25, 0.3) is 0 Å². The number of methoxy groups -OCH3 is 3. The third-order valence-corrected chi connectivity index (χ3v) is 5.95. The second-order valence-corrected chi connectivity index (χ2v) is 8.30. The number of furan rings is 1. The summed E-state index contributed by atoms with van der Waals surface area (Å²) in [5.74, 6) is 1.75. The molecule has 0 aliphatic heterocycles. The molecule has 6 nitrogen and oxygen atoms in total. The molecule has 0 spiro atoms. The molecule has 35 heavy (non-hydrogen) atoms. The minimum Gasteiger partial charge on any atom is -0.496 e. The highest BCUT2D eigenvalue weighted by atomic mass is 16.5. The molecule has 0 aliphatic rings. The van der Waals surface area contributed by atoms with E-state index in [0.717, 1.165) is 33.2 Å². The molecule has 0 bridgehead atoms. The smallest absolute Gasteiger partial charge is 0.244 e. The van der Waals surface area contributed by atoms with Crippen LogP contribution >= 0.6 is 0 Å². The van der Waals surface area contributed by atoms with Gasteiger partial charge < -0.3 is 23.9 Å². The van der Waals surface area contributed by atoms with Crippen molar-refractivity contribution in [2.45, 2.75) is 20.4 Å². The average Bonchev–Trinajstić information content (AvgIpc) is 3.30. The third kappa shape index (κ3) is 5.17. The molecule has 4 aromatic rings. The first kappa shape index (κ1) is 24.0. The van der Waals surface area contributed by atoms with E-state index in [-0.39, 0.29) is 5.91 Å². The van der Waals surface area contributed by atoms with Gasteiger partial charge in [-0.1, -0.05) is 35.9 Å². The predicted octanol–water partition coefficient (Wildman–Crippen LogP) is 6.15. The first-order chi connectivity index (χ1) is 16.9. The van der Waals surface area contributed by atoms with Gasteiger partial charge in [-0.25, -0.2) is 0 Å². The fourth-order valence-corrected chi connectivity index (χ4v) is 3.98. The lowest BCUT2D eigenvalue weighted by Crippen LogP contribution is -2.20. The molecule has 0 aliphatic carbocycles. The quantitative estimate of drug-likeness (QED) is 0.312. The van der Waals surface area contributed by atoms with E-state index in [9.17, 15) is 4.79 Å². The second kappa shape index (κ2) is 10.4. The van der Waals surface area contributed by atoms with Gasteiger partial charge in [-0.15, -0.1) is 0 Å². The van der Waals surface area contributed by atoms with Crippen LogP contribution in [0, 0.1) is 6.92 Å². The molecule has 0 atom stereocenters. The SMILES string of the molecule is COc1ccc(-c2coc3cc(OC)c(/C(C)=C/C(=O)NCc4ccc(C)cc4)cc23)cc1OC. The molecule has 1 aromatic heterocycles. The van der Waals surface area contributed by atoms with Crippen molar-refractivity contribution in [2.75, 3.05) is 21.3 Å². The zero-order chi connectivity index (χ0) is 24.9. The van der Waals surface area contributed by atoms with Crippen LogP contribution in [0.3, 0.4) is 0 Å². The Morgan fingerprint density at radius 1 is 0.914 bits per heavy atom. The monoisotopic (exact) mass is 471 g/mol. The van der Waals surface area contributed by atoms with E-state index < -0.39 is 0 Å². The predicted molar refractivity (Wildman–Crippen MR) is 138 cm³/mol. The molecule has 6 heteroatoms. The summed E-state index contributed by atoms with van der Waals surface area (Å²) in [6.45, 7) is 4.39. The molecular weight excluding hydrogens is 442 g/mol. The summed E-state index contributed by atoms with van der Waals surface area (Å²) in [7, 11) is 4.82. The number of carbonyl (C=O) groups excluding carboxylic acids is 1. The van der Waals surface area contributed by atoms with E-state index in [1.54, 1.807) is 33.7 Å². The fraction of sp³-hybridized carbons (Fsp3) is 0.207. The van der Waals surface area contributed by atoms with Crippen molar-refractivity contribution in [3.8, 4) is 28.4 Å². The zero-order valence-electron chi connectivity index (χ0n) is 20.6. The van der Waals surface area contributed by atoms with Gasteiger partial charge in [-0.3, -0.25) is 4.79 Å². The van der Waals surface area contributed by atoms with Crippen molar-refractivity contribution < 1.29 is 23.4 Å². The van der Waals surface area contributed by atoms with Crippen LogP contribution in [0.2, 0.25) is 0 Å². The van der Waals surface area contributed by atoms with Crippen LogP contribution in [0.25, 0.3) is 27.7 Å². The summed E-state index contributed by atoms with van der Waals surface area (Å²) in [5.41, 5.74) is 6.35. The van der Waals surface area contributed by atoms with Crippen molar-refractivity contribution in [2.24, 2.45) is 0 Å². The summed E-state index contributed by atoms with van der Waals surface area (Å²) in [4.78, 5) is 12.6. The van der Waals surface area contributed by atoms with Gasteiger partial charge in [0.1, 0.15) is 11.3 Å². The highest BCUT2D eigenvalue weighted by Gasteiger charge is 2.16. The molecule has 0 radical (unpaired) electrons. The first-order valence-electron chi connectivity index (χ1n) is 11.3. The van der Waals surface area contributed by atoms with Gasteiger partial charge in [0, 0.05) is 35.2 Å². The third-order valence-electron chi connectivity index (χ3n) is 5.95. The van der Waals surface area contributed by atoms with E-state index in [4.69, 9.17) is 18.6 Å². The van der Waals surface area contributed by atoms with Crippen LogP contribution in [0.15, 0.2) is 71.4 Å². The fourth-order valence-electron chi connectivity index (χ4n) is 3.98. The van der Waals surface area contributed by atoms with E-state index in [1.165, 1.54) is 5.56 Å². The lowest BCUT2D eigenvalue weighted by molar-refractivity contribution is -0.116. The highest BCUT2D eigenvalue weighted by molar-refractivity contribution is 6.00. The normalized spacial score (nSPS) is 11.4. The Morgan fingerprint density at radius 2 is 1.63 bits per heavy atom. The Morgan fingerprint density at radius 3 is 2.31 bits per heavy atom. The van der Waals surface area contributed by atoms with Gasteiger partial charge in [0.15, 0.2) is 11.5 Å². The van der Waals surface area contributed by atoms with E-state index in [1.807, 2.05) is 68.4 Å². The molecule has 1 N–H and O–H groups in total. The molecule has 4 rings (SSSR count). The standard InChI is InChI=1S/C29H29NO5/c1-18-6-8-20(9-7-18)16-30-29(31)12-19(2)22-14-23-24(17-35-27(23)15-26(22)33-4)21-10-11-25(32-3)28(13-21)34-5/h6-15,17H,16H2,1-5H3,(H,30,31)/b19-12+. The maximum atomic E-state index is 12.6. The second-order valence-electron chi connectivity index (χ2n) is 8.30. The first-order valence-corrected chi connectivity index (χ1v) is 11.3. The Balaban J connectivity index is 1.65. The molecule has 1 amide bonds. The van der Waals surface area contributed by atoms with Crippen LogP contribution in [-0.4, -0.2) is 27.2 Å². The Hall–Kier alpha value is -4.19. The molecule has 3 aromatic carbocycles. The van der Waals surface area contributed by atoms with Crippen LogP contribution in [0.1, 0.15) is 23.6 Å². The van der Waals surface area contributed by atoms with Gasteiger partial charge in [-0.2, -0.15) is 0 Å². The lowest BCUT2D eigenvalue weighted by atomic mass is 9.99. The maximum absolute atomic E-state index is 12.6. The Labute approximate surface area is 205 Å². The summed E-state index contributed by atoms with van der Waals surface area (Å²) in [6.07, 6.45) is 3.30.